The highest BCUT2D eigenvalue weighted by molar-refractivity contribution is 5.40. The highest BCUT2D eigenvalue weighted by Gasteiger charge is 2.03. The van der Waals surface area contributed by atoms with Gasteiger partial charge in [0.05, 0.1) is 6.61 Å². The van der Waals surface area contributed by atoms with Gasteiger partial charge in [-0.3, -0.25) is 0 Å². The van der Waals surface area contributed by atoms with E-state index in [1.807, 2.05) is 6.92 Å². The van der Waals surface area contributed by atoms with Gasteiger partial charge in [-0.1, -0.05) is 6.92 Å². The molecule has 0 saturated carbocycles. The topological polar surface area (TPSA) is 9.23 Å². The first kappa shape index (κ1) is 10.1. The van der Waals surface area contributed by atoms with Gasteiger partial charge < -0.3 is 4.74 Å². The van der Waals surface area contributed by atoms with Gasteiger partial charge in [0.25, 0.3) is 0 Å². The number of hydrogen-bond acceptors (Lipinski definition) is 1. The Bertz CT molecular complexity index is 266. The average molecular weight is 178 g/mol. The van der Waals surface area contributed by atoms with E-state index in [2.05, 4.69) is 32.9 Å². The van der Waals surface area contributed by atoms with Crippen molar-refractivity contribution in [3.8, 4) is 5.75 Å². The maximum Gasteiger partial charge on any atom is 0.119 e. The molecule has 0 spiro atoms. The van der Waals surface area contributed by atoms with Crippen LogP contribution in [0.25, 0.3) is 0 Å². The van der Waals surface area contributed by atoms with Crippen molar-refractivity contribution in [1.82, 2.24) is 0 Å². The molecular formula is C12H18O. The third kappa shape index (κ3) is 2.24. The molecule has 0 heterocycles. The minimum Gasteiger partial charge on any atom is -0.494 e. The lowest BCUT2D eigenvalue weighted by Crippen LogP contribution is -1.96. The van der Waals surface area contributed by atoms with Gasteiger partial charge in [0.1, 0.15) is 5.75 Å². The summed E-state index contributed by atoms with van der Waals surface area (Å²) in [6.07, 6.45) is 1.10. The molecule has 0 amide bonds. The van der Waals surface area contributed by atoms with Gasteiger partial charge >= 0.3 is 0 Å². The van der Waals surface area contributed by atoms with Crippen LogP contribution in [0.15, 0.2) is 12.1 Å². The Hall–Kier alpha value is -0.980. The molecule has 0 aliphatic heterocycles. The van der Waals surface area contributed by atoms with Crippen molar-refractivity contribution >= 4 is 0 Å². The van der Waals surface area contributed by atoms with Crippen molar-refractivity contribution < 1.29 is 4.74 Å². The van der Waals surface area contributed by atoms with E-state index >= 15 is 0 Å². The van der Waals surface area contributed by atoms with E-state index in [0.717, 1.165) is 18.8 Å². The van der Waals surface area contributed by atoms with Gasteiger partial charge in [0.15, 0.2) is 0 Å². The normalized spacial score (nSPS) is 10.2. The largest absolute Gasteiger partial charge is 0.494 e. The minimum atomic E-state index is 0.740. The molecular weight excluding hydrogens is 160 g/mol. The summed E-state index contributed by atoms with van der Waals surface area (Å²) in [6.45, 7) is 9.24. The highest BCUT2D eigenvalue weighted by Crippen LogP contribution is 2.22. The summed E-state index contributed by atoms with van der Waals surface area (Å²) in [6, 6.07) is 4.24. The maximum absolute atomic E-state index is 5.47. The van der Waals surface area contributed by atoms with Crippen LogP contribution in [0.3, 0.4) is 0 Å². The van der Waals surface area contributed by atoms with Gasteiger partial charge in [-0.15, -0.1) is 0 Å². The zero-order valence-corrected chi connectivity index (χ0v) is 8.98. The third-order valence-corrected chi connectivity index (χ3v) is 2.33. The van der Waals surface area contributed by atoms with Crippen LogP contribution in [0.1, 0.15) is 30.5 Å². The van der Waals surface area contributed by atoms with Crippen LogP contribution >= 0.6 is 0 Å². The molecule has 0 saturated heterocycles. The summed E-state index contributed by atoms with van der Waals surface area (Å²) >= 11 is 0. The number of ether oxygens (including phenoxy) is 1. The minimum absolute atomic E-state index is 0.740. The lowest BCUT2D eigenvalue weighted by molar-refractivity contribution is 0.339. The van der Waals surface area contributed by atoms with Crippen LogP contribution in [-0.4, -0.2) is 6.61 Å². The lowest BCUT2D eigenvalue weighted by atomic mass is 10.0. The van der Waals surface area contributed by atoms with Gasteiger partial charge in [0.2, 0.25) is 0 Å². The SMILES string of the molecule is CCOc1cc(C)c(CC)c(C)c1. The van der Waals surface area contributed by atoms with Crippen LogP contribution in [0, 0.1) is 13.8 Å². The van der Waals surface area contributed by atoms with Crippen LogP contribution in [0.4, 0.5) is 0 Å². The Morgan fingerprint density at radius 1 is 1.08 bits per heavy atom. The Morgan fingerprint density at radius 3 is 2.00 bits per heavy atom. The zero-order valence-electron chi connectivity index (χ0n) is 8.98. The van der Waals surface area contributed by atoms with E-state index in [1.165, 1.54) is 16.7 Å². The fourth-order valence-electron chi connectivity index (χ4n) is 1.76. The van der Waals surface area contributed by atoms with E-state index in [9.17, 15) is 0 Å². The fourth-order valence-corrected chi connectivity index (χ4v) is 1.76. The molecule has 13 heavy (non-hydrogen) atoms. The van der Waals surface area contributed by atoms with Crippen LogP contribution < -0.4 is 4.74 Å². The van der Waals surface area contributed by atoms with Gasteiger partial charge in [-0.25, -0.2) is 0 Å². The Balaban J connectivity index is 3.05. The molecule has 1 aromatic carbocycles. The predicted octanol–water partition coefficient (Wildman–Crippen LogP) is 3.26. The monoisotopic (exact) mass is 178 g/mol. The van der Waals surface area contributed by atoms with Crippen LogP contribution in [0.5, 0.6) is 5.75 Å². The summed E-state index contributed by atoms with van der Waals surface area (Å²) in [4.78, 5) is 0. The lowest BCUT2D eigenvalue weighted by Gasteiger charge is -2.11. The number of rotatable bonds is 3. The van der Waals surface area contributed by atoms with Crippen molar-refractivity contribution in [1.29, 1.82) is 0 Å². The first-order valence-corrected chi connectivity index (χ1v) is 4.92. The third-order valence-electron chi connectivity index (χ3n) is 2.33. The summed E-state index contributed by atoms with van der Waals surface area (Å²) in [7, 11) is 0. The Labute approximate surface area is 80.7 Å². The van der Waals surface area contributed by atoms with E-state index in [4.69, 9.17) is 4.74 Å². The molecule has 0 aromatic heterocycles. The maximum atomic E-state index is 5.47. The molecule has 0 aliphatic rings. The Morgan fingerprint density at radius 2 is 1.62 bits per heavy atom. The molecule has 0 bridgehead atoms. The van der Waals surface area contributed by atoms with E-state index in [0.29, 0.717) is 0 Å². The number of benzene rings is 1. The molecule has 72 valence electrons. The van der Waals surface area contributed by atoms with E-state index in [-0.39, 0.29) is 0 Å². The second-order valence-electron chi connectivity index (χ2n) is 3.32. The summed E-state index contributed by atoms with van der Waals surface area (Å²) in [5, 5.41) is 0. The van der Waals surface area contributed by atoms with Gasteiger partial charge in [0, 0.05) is 0 Å². The van der Waals surface area contributed by atoms with Crippen molar-refractivity contribution in [2.45, 2.75) is 34.1 Å². The number of aryl methyl sites for hydroxylation is 2. The Kier molecular flexibility index (Phi) is 3.35. The summed E-state index contributed by atoms with van der Waals surface area (Å²) in [5.41, 5.74) is 4.13. The first-order valence-electron chi connectivity index (χ1n) is 4.92. The molecule has 0 radical (unpaired) electrons. The molecule has 0 N–H and O–H groups in total. The van der Waals surface area contributed by atoms with E-state index < -0.39 is 0 Å². The van der Waals surface area contributed by atoms with Crippen LogP contribution in [0.2, 0.25) is 0 Å². The highest BCUT2D eigenvalue weighted by atomic mass is 16.5. The average Bonchev–Trinajstić information content (AvgIpc) is 2.04. The molecule has 0 fully saturated rings. The van der Waals surface area contributed by atoms with Crippen molar-refractivity contribution in [2.24, 2.45) is 0 Å². The van der Waals surface area contributed by atoms with Crippen molar-refractivity contribution in [3.63, 3.8) is 0 Å². The first-order chi connectivity index (χ1) is 6.19. The van der Waals surface area contributed by atoms with Gasteiger partial charge in [-0.2, -0.15) is 0 Å². The smallest absolute Gasteiger partial charge is 0.119 e. The second kappa shape index (κ2) is 4.31. The summed E-state index contributed by atoms with van der Waals surface area (Å²) in [5.74, 6) is 0.995. The summed E-state index contributed by atoms with van der Waals surface area (Å²) < 4.78 is 5.47. The molecule has 1 aromatic rings. The number of hydrogen-bond donors (Lipinski definition) is 0. The molecule has 1 rings (SSSR count). The standard InChI is InChI=1S/C12H18O/c1-5-12-9(3)7-11(13-6-2)8-10(12)4/h7-8H,5-6H2,1-4H3. The zero-order chi connectivity index (χ0) is 9.84. The molecule has 0 atom stereocenters. The molecule has 0 unspecified atom stereocenters. The van der Waals surface area contributed by atoms with E-state index in [1.54, 1.807) is 0 Å². The van der Waals surface area contributed by atoms with Crippen molar-refractivity contribution in [2.75, 3.05) is 6.61 Å². The van der Waals surface area contributed by atoms with Gasteiger partial charge in [-0.05, 0) is 56.0 Å². The quantitative estimate of drug-likeness (QED) is 0.690. The molecule has 1 nitrogen and oxygen atoms in total. The van der Waals surface area contributed by atoms with Crippen molar-refractivity contribution in [3.05, 3.63) is 28.8 Å². The predicted molar refractivity (Wildman–Crippen MR) is 56.5 cm³/mol. The molecule has 1 heteroatoms. The molecule has 0 aliphatic carbocycles. The van der Waals surface area contributed by atoms with Crippen LogP contribution in [-0.2, 0) is 6.42 Å². The fraction of sp³-hybridized carbons (Fsp3) is 0.500. The second-order valence-corrected chi connectivity index (χ2v) is 3.32.